The molecule has 2 atom stereocenters. The largest absolute Gasteiger partial charge is 0.492 e. The van der Waals surface area contributed by atoms with Crippen molar-refractivity contribution in [3.8, 4) is 5.75 Å². The van der Waals surface area contributed by atoms with Gasteiger partial charge in [0, 0.05) is 31.2 Å². The molecule has 0 radical (unpaired) electrons. The molecule has 1 N–H and O–H groups in total. The molecule has 2 rings (SSSR count). The summed E-state index contributed by atoms with van der Waals surface area (Å²) in [6, 6.07) is 11.1. The number of urea groups is 1. The highest BCUT2D eigenvalue weighted by Crippen LogP contribution is 2.21. The lowest BCUT2D eigenvalue weighted by atomic mass is 9.98. The molecule has 1 aromatic carbocycles. The number of rotatable bonds is 8. The molecule has 1 fully saturated rings. The Morgan fingerprint density at radius 1 is 1.23 bits per heavy atom. The third-order valence-corrected chi connectivity index (χ3v) is 5.25. The number of ether oxygens (including phenoxy) is 1. The maximum atomic E-state index is 12.6. The summed E-state index contributed by atoms with van der Waals surface area (Å²) in [5, 5.41) is 3.09. The van der Waals surface area contributed by atoms with Gasteiger partial charge in [-0.05, 0) is 52.7 Å². The van der Waals surface area contributed by atoms with Gasteiger partial charge in [0.2, 0.25) is 0 Å². The number of piperidine rings is 1. The second kappa shape index (κ2) is 10.4. The van der Waals surface area contributed by atoms with Crippen molar-refractivity contribution in [2.75, 3.05) is 26.2 Å². The van der Waals surface area contributed by atoms with E-state index in [9.17, 15) is 4.79 Å². The lowest BCUT2D eigenvalue weighted by molar-refractivity contribution is 0.103. The summed E-state index contributed by atoms with van der Waals surface area (Å²) >= 11 is 0. The van der Waals surface area contributed by atoms with Gasteiger partial charge in [0.1, 0.15) is 12.4 Å². The van der Waals surface area contributed by atoms with Crippen LogP contribution in [0.5, 0.6) is 5.75 Å². The Hall–Kier alpha value is -1.75. The number of carbonyl (C=O) groups excluding carboxylic acids is 1. The van der Waals surface area contributed by atoms with Gasteiger partial charge in [-0.2, -0.15) is 0 Å². The minimum Gasteiger partial charge on any atom is -0.492 e. The van der Waals surface area contributed by atoms with Gasteiger partial charge < -0.3 is 15.0 Å². The van der Waals surface area contributed by atoms with Crippen LogP contribution in [0.25, 0.3) is 0 Å². The zero-order valence-corrected chi connectivity index (χ0v) is 16.8. The lowest BCUT2D eigenvalue weighted by Gasteiger charge is -2.39. The topological polar surface area (TPSA) is 44.8 Å². The van der Waals surface area contributed by atoms with Crippen LogP contribution in [-0.4, -0.2) is 60.2 Å². The summed E-state index contributed by atoms with van der Waals surface area (Å²) < 4.78 is 5.73. The monoisotopic (exact) mass is 361 g/mol. The summed E-state index contributed by atoms with van der Waals surface area (Å²) in [6.07, 6.45) is 3.83. The van der Waals surface area contributed by atoms with Gasteiger partial charge in [0.15, 0.2) is 0 Å². The minimum atomic E-state index is -0.00558. The molecule has 5 heteroatoms. The number of likely N-dealkylation sites (tertiary alicyclic amines) is 1. The van der Waals surface area contributed by atoms with Crippen LogP contribution < -0.4 is 10.1 Å². The number of hydrogen-bond acceptors (Lipinski definition) is 3. The molecular formula is C21H35N3O2. The molecule has 1 aliphatic heterocycles. The molecule has 2 amide bonds. The van der Waals surface area contributed by atoms with E-state index in [2.05, 4.69) is 24.1 Å². The number of carbonyl (C=O) groups is 1. The molecule has 1 heterocycles. The third kappa shape index (κ3) is 6.20. The van der Waals surface area contributed by atoms with Gasteiger partial charge in [0.25, 0.3) is 0 Å². The first-order valence-corrected chi connectivity index (χ1v) is 9.97. The highest BCUT2D eigenvalue weighted by atomic mass is 16.5. The second-order valence-electron chi connectivity index (χ2n) is 7.55. The van der Waals surface area contributed by atoms with Crippen molar-refractivity contribution in [2.45, 2.75) is 65.1 Å². The van der Waals surface area contributed by atoms with Gasteiger partial charge in [-0.1, -0.05) is 24.6 Å². The average molecular weight is 362 g/mol. The molecule has 0 bridgehead atoms. The van der Waals surface area contributed by atoms with Crippen molar-refractivity contribution >= 4 is 6.03 Å². The first kappa shape index (κ1) is 20.6. The fourth-order valence-corrected chi connectivity index (χ4v) is 3.68. The van der Waals surface area contributed by atoms with E-state index in [0.717, 1.165) is 12.3 Å². The van der Waals surface area contributed by atoms with Crippen LogP contribution in [-0.2, 0) is 0 Å². The Morgan fingerprint density at radius 3 is 2.50 bits per heavy atom. The van der Waals surface area contributed by atoms with E-state index in [4.69, 9.17) is 4.74 Å². The maximum Gasteiger partial charge on any atom is 0.317 e. The van der Waals surface area contributed by atoms with Crippen molar-refractivity contribution < 1.29 is 9.53 Å². The molecule has 1 saturated heterocycles. The molecule has 2 unspecified atom stereocenters. The molecule has 26 heavy (non-hydrogen) atoms. The highest BCUT2D eigenvalue weighted by Gasteiger charge is 2.24. The van der Waals surface area contributed by atoms with E-state index in [1.807, 2.05) is 49.1 Å². The molecule has 1 aromatic rings. The molecule has 1 aliphatic rings. The van der Waals surface area contributed by atoms with Gasteiger partial charge in [0.05, 0.1) is 6.54 Å². The first-order chi connectivity index (χ1) is 12.5. The minimum absolute atomic E-state index is 0.00558. The Bertz CT molecular complexity index is 525. The van der Waals surface area contributed by atoms with E-state index in [0.29, 0.717) is 31.8 Å². The maximum absolute atomic E-state index is 12.6. The van der Waals surface area contributed by atoms with Crippen molar-refractivity contribution in [1.29, 1.82) is 0 Å². The molecular weight excluding hydrogens is 326 g/mol. The van der Waals surface area contributed by atoms with Crippen LogP contribution in [0.1, 0.15) is 47.0 Å². The number of nitrogens with one attached hydrogen (secondary N) is 1. The lowest BCUT2D eigenvalue weighted by Crippen LogP contribution is -2.50. The Kier molecular flexibility index (Phi) is 8.23. The zero-order chi connectivity index (χ0) is 18.9. The van der Waals surface area contributed by atoms with E-state index in [1.165, 1.54) is 19.3 Å². The van der Waals surface area contributed by atoms with Crippen LogP contribution >= 0.6 is 0 Å². The van der Waals surface area contributed by atoms with Gasteiger partial charge in [-0.3, -0.25) is 4.90 Å². The number of amides is 2. The van der Waals surface area contributed by atoms with Crippen LogP contribution in [0.15, 0.2) is 30.3 Å². The zero-order valence-electron chi connectivity index (χ0n) is 16.8. The summed E-state index contributed by atoms with van der Waals surface area (Å²) in [5.74, 6) is 0.838. The van der Waals surface area contributed by atoms with Crippen LogP contribution in [0.2, 0.25) is 0 Å². The number of benzene rings is 1. The predicted molar refractivity (Wildman–Crippen MR) is 107 cm³/mol. The summed E-state index contributed by atoms with van der Waals surface area (Å²) in [6.45, 7) is 11.3. The van der Waals surface area contributed by atoms with E-state index < -0.39 is 0 Å². The summed E-state index contributed by atoms with van der Waals surface area (Å²) in [7, 11) is 0. The molecule has 5 nitrogen and oxygen atoms in total. The SMILES string of the molecule is CC(C)N(CCOc1ccccc1)C(=O)NCCN1C(C)CCCC1C. The normalized spacial score (nSPS) is 20.8. The summed E-state index contributed by atoms with van der Waals surface area (Å²) in [5.41, 5.74) is 0. The van der Waals surface area contributed by atoms with Gasteiger partial charge in [-0.25, -0.2) is 4.79 Å². The fraction of sp³-hybridized carbons (Fsp3) is 0.667. The van der Waals surface area contributed by atoms with Crippen molar-refractivity contribution in [1.82, 2.24) is 15.1 Å². The van der Waals surface area contributed by atoms with Crippen LogP contribution in [0, 0.1) is 0 Å². The number of nitrogens with zero attached hydrogens (tertiary/aromatic N) is 2. The Balaban J connectivity index is 1.74. The van der Waals surface area contributed by atoms with E-state index in [-0.39, 0.29) is 12.1 Å². The quantitative estimate of drug-likeness (QED) is 0.767. The highest BCUT2D eigenvalue weighted by molar-refractivity contribution is 5.74. The van der Waals surface area contributed by atoms with E-state index >= 15 is 0 Å². The van der Waals surface area contributed by atoms with Gasteiger partial charge in [-0.15, -0.1) is 0 Å². The van der Waals surface area contributed by atoms with Crippen molar-refractivity contribution in [3.63, 3.8) is 0 Å². The van der Waals surface area contributed by atoms with Crippen LogP contribution in [0.3, 0.4) is 0 Å². The second-order valence-corrected chi connectivity index (χ2v) is 7.55. The van der Waals surface area contributed by atoms with E-state index in [1.54, 1.807) is 0 Å². The smallest absolute Gasteiger partial charge is 0.317 e. The number of hydrogen-bond donors (Lipinski definition) is 1. The molecule has 0 aliphatic carbocycles. The molecule has 0 spiro atoms. The standard InChI is InChI=1S/C21H35N3O2/c1-17(2)23(15-16-26-20-11-6-5-7-12-20)21(25)22-13-14-24-18(3)9-8-10-19(24)4/h5-7,11-12,17-19H,8-10,13-16H2,1-4H3,(H,22,25). The molecule has 0 saturated carbocycles. The first-order valence-electron chi connectivity index (χ1n) is 9.97. The fourth-order valence-electron chi connectivity index (χ4n) is 3.68. The predicted octanol–water partition coefficient (Wildman–Crippen LogP) is 3.75. The number of para-hydroxylation sites is 1. The Labute approximate surface area is 158 Å². The summed E-state index contributed by atoms with van der Waals surface area (Å²) in [4.78, 5) is 16.9. The van der Waals surface area contributed by atoms with Crippen molar-refractivity contribution in [3.05, 3.63) is 30.3 Å². The average Bonchev–Trinajstić information content (AvgIpc) is 2.61. The molecule has 0 aromatic heterocycles. The third-order valence-electron chi connectivity index (χ3n) is 5.25. The van der Waals surface area contributed by atoms with Crippen molar-refractivity contribution in [2.24, 2.45) is 0 Å². The Morgan fingerprint density at radius 2 is 1.88 bits per heavy atom. The molecule has 146 valence electrons. The van der Waals surface area contributed by atoms with Gasteiger partial charge >= 0.3 is 6.03 Å². The van der Waals surface area contributed by atoms with Crippen LogP contribution in [0.4, 0.5) is 4.79 Å².